The zero-order valence-electron chi connectivity index (χ0n) is 12.9. The molecule has 0 unspecified atom stereocenters. The van der Waals surface area contributed by atoms with Crippen molar-refractivity contribution in [3.05, 3.63) is 24.3 Å². The number of aromatic nitrogens is 2. The molecule has 118 valence electrons. The van der Waals surface area contributed by atoms with Gasteiger partial charge in [0.25, 0.3) is 0 Å². The minimum absolute atomic E-state index is 0.116. The first-order valence-corrected chi connectivity index (χ1v) is 7.91. The highest BCUT2D eigenvalue weighted by Crippen LogP contribution is 2.28. The van der Waals surface area contributed by atoms with E-state index in [0.717, 1.165) is 17.7 Å². The largest absolute Gasteiger partial charge is 0.497 e. The standard InChI is InChI=1S/C15H20N4O2S/c1-4-9(2)12(16)13(20)17-15-19-18-14(22-15)10-6-5-7-11(8-10)21-3/h5-9,12H,4,16H2,1-3H3,(H,17,19,20)/t9-,12+/m0/s1. The van der Waals surface area contributed by atoms with Gasteiger partial charge in [-0.05, 0) is 18.1 Å². The summed E-state index contributed by atoms with van der Waals surface area (Å²) in [6.07, 6.45) is 0.847. The van der Waals surface area contributed by atoms with Gasteiger partial charge in [0.1, 0.15) is 10.8 Å². The van der Waals surface area contributed by atoms with E-state index in [1.807, 2.05) is 38.1 Å². The van der Waals surface area contributed by atoms with Crippen LogP contribution < -0.4 is 15.8 Å². The van der Waals surface area contributed by atoms with E-state index >= 15 is 0 Å². The summed E-state index contributed by atoms with van der Waals surface area (Å²) in [5.74, 6) is 0.630. The smallest absolute Gasteiger partial charge is 0.243 e. The van der Waals surface area contributed by atoms with Crippen LogP contribution in [0.1, 0.15) is 20.3 Å². The van der Waals surface area contributed by atoms with Gasteiger partial charge < -0.3 is 10.5 Å². The Morgan fingerprint density at radius 3 is 2.91 bits per heavy atom. The van der Waals surface area contributed by atoms with Crippen LogP contribution in [0.25, 0.3) is 10.6 Å². The molecule has 2 rings (SSSR count). The van der Waals surface area contributed by atoms with Crippen molar-refractivity contribution in [1.29, 1.82) is 0 Å². The molecule has 0 aliphatic rings. The molecule has 1 aromatic heterocycles. The van der Waals surface area contributed by atoms with Crippen molar-refractivity contribution in [3.63, 3.8) is 0 Å². The first-order valence-electron chi connectivity index (χ1n) is 7.09. The number of rotatable bonds is 6. The lowest BCUT2D eigenvalue weighted by Crippen LogP contribution is -2.40. The molecule has 22 heavy (non-hydrogen) atoms. The Morgan fingerprint density at radius 1 is 1.45 bits per heavy atom. The minimum atomic E-state index is -0.547. The van der Waals surface area contributed by atoms with Gasteiger partial charge in [-0.1, -0.05) is 43.7 Å². The van der Waals surface area contributed by atoms with Gasteiger partial charge in [0, 0.05) is 5.56 Å². The van der Waals surface area contributed by atoms with E-state index in [2.05, 4.69) is 15.5 Å². The first kappa shape index (κ1) is 16.4. The number of amides is 1. The Bertz CT molecular complexity index is 644. The van der Waals surface area contributed by atoms with E-state index in [-0.39, 0.29) is 11.8 Å². The fourth-order valence-electron chi connectivity index (χ4n) is 1.85. The summed E-state index contributed by atoms with van der Waals surface area (Å²) in [5.41, 5.74) is 6.79. The highest BCUT2D eigenvalue weighted by atomic mass is 32.1. The lowest BCUT2D eigenvalue weighted by Gasteiger charge is -2.16. The molecular weight excluding hydrogens is 300 g/mol. The third kappa shape index (κ3) is 3.80. The molecule has 0 spiro atoms. The molecule has 0 bridgehead atoms. The average molecular weight is 320 g/mol. The number of ether oxygens (including phenoxy) is 1. The Labute approximate surface area is 133 Å². The number of methoxy groups -OCH3 is 1. The van der Waals surface area contributed by atoms with Crippen molar-refractivity contribution in [3.8, 4) is 16.3 Å². The quantitative estimate of drug-likeness (QED) is 0.853. The number of hydrogen-bond acceptors (Lipinski definition) is 6. The molecule has 0 aliphatic heterocycles. The zero-order chi connectivity index (χ0) is 16.1. The van der Waals surface area contributed by atoms with Crippen LogP contribution in [-0.2, 0) is 4.79 Å². The van der Waals surface area contributed by atoms with Gasteiger partial charge >= 0.3 is 0 Å². The molecule has 1 amide bonds. The molecule has 0 saturated carbocycles. The molecule has 1 aromatic carbocycles. The molecular formula is C15H20N4O2S. The Hall–Kier alpha value is -1.99. The lowest BCUT2D eigenvalue weighted by atomic mass is 10.00. The number of hydrogen-bond donors (Lipinski definition) is 2. The second-order valence-electron chi connectivity index (χ2n) is 5.04. The number of anilines is 1. The normalized spacial score (nSPS) is 13.5. The number of benzene rings is 1. The summed E-state index contributed by atoms with van der Waals surface area (Å²) in [5, 5.41) is 12.0. The number of nitrogens with two attached hydrogens (primary N) is 1. The van der Waals surface area contributed by atoms with Gasteiger partial charge in [-0.3, -0.25) is 10.1 Å². The molecule has 0 radical (unpaired) electrons. The topological polar surface area (TPSA) is 90.1 Å². The average Bonchev–Trinajstić information content (AvgIpc) is 3.01. The highest BCUT2D eigenvalue weighted by Gasteiger charge is 2.20. The minimum Gasteiger partial charge on any atom is -0.497 e. The predicted molar refractivity (Wildman–Crippen MR) is 88.0 cm³/mol. The molecule has 1 heterocycles. The van der Waals surface area contributed by atoms with E-state index in [1.165, 1.54) is 11.3 Å². The Kier molecular flexibility index (Phi) is 5.46. The Balaban J connectivity index is 2.09. The summed E-state index contributed by atoms with van der Waals surface area (Å²) >= 11 is 1.30. The molecule has 3 N–H and O–H groups in total. The van der Waals surface area contributed by atoms with Crippen LogP contribution in [0.4, 0.5) is 5.13 Å². The summed E-state index contributed by atoms with van der Waals surface area (Å²) in [4.78, 5) is 12.0. The van der Waals surface area contributed by atoms with Crippen molar-refractivity contribution in [2.45, 2.75) is 26.3 Å². The molecule has 0 saturated heterocycles. The van der Waals surface area contributed by atoms with Gasteiger partial charge in [0.05, 0.1) is 13.2 Å². The summed E-state index contributed by atoms with van der Waals surface area (Å²) in [6.45, 7) is 3.95. The van der Waals surface area contributed by atoms with Gasteiger partial charge in [-0.15, -0.1) is 10.2 Å². The predicted octanol–water partition coefficient (Wildman–Crippen LogP) is 2.53. The van der Waals surface area contributed by atoms with Crippen molar-refractivity contribution < 1.29 is 9.53 Å². The molecule has 0 fully saturated rings. The van der Waals surface area contributed by atoms with Crippen LogP contribution in [0, 0.1) is 5.92 Å². The van der Waals surface area contributed by atoms with E-state index in [4.69, 9.17) is 10.5 Å². The van der Waals surface area contributed by atoms with Gasteiger partial charge in [0.2, 0.25) is 11.0 Å². The van der Waals surface area contributed by atoms with Crippen molar-refractivity contribution >= 4 is 22.4 Å². The van der Waals surface area contributed by atoms with Crippen molar-refractivity contribution in [2.24, 2.45) is 11.7 Å². The first-order chi connectivity index (χ1) is 10.5. The SMILES string of the molecule is CC[C@H](C)[C@@H](N)C(=O)Nc1nnc(-c2cccc(OC)c2)s1. The number of nitrogens with one attached hydrogen (secondary N) is 1. The van der Waals surface area contributed by atoms with Crippen molar-refractivity contribution in [1.82, 2.24) is 10.2 Å². The maximum Gasteiger partial charge on any atom is 0.243 e. The van der Waals surface area contributed by atoms with Crippen LogP contribution in [0.15, 0.2) is 24.3 Å². The molecule has 0 aliphatic carbocycles. The second-order valence-corrected chi connectivity index (χ2v) is 6.02. The maximum absolute atomic E-state index is 12.0. The molecule has 7 heteroatoms. The van der Waals surface area contributed by atoms with E-state index in [1.54, 1.807) is 7.11 Å². The van der Waals surface area contributed by atoms with Crippen LogP contribution in [0.3, 0.4) is 0 Å². The third-order valence-corrected chi connectivity index (χ3v) is 4.42. The van der Waals surface area contributed by atoms with E-state index < -0.39 is 6.04 Å². The highest BCUT2D eigenvalue weighted by molar-refractivity contribution is 7.18. The van der Waals surface area contributed by atoms with E-state index in [9.17, 15) is 4.79 Å². The summed E-state index contributed by atoms with van der Waals surface area (Å²) in [6, 6.07) is 6.98. The fraction of sp³-hybridized carbons (Fsp3) is 0.400. The fourth-order valence-corrected chi connectivity index (χ4v) is 2.59. The van der Waals surface area contributed by atoms with Crippen LogP contribution in [0.5, 0.6) is 5.75 Å². The summed E-state index contributed by atoms with van der Waals surface area (Å²) < 4.78 is 5.19. The number of nitrogens with zero attached hydrogens (tertiary/aromatic N) is 2. The molecule has 2 aromatic rings. The number of carbonyl (C=O) groups is 1. The van der Waals surface area contributed by atoms with Gasteiger partial charge in [-0.2, -0.15) is 0 Å². The summed E-state index contributed by atoms with van der Waals surface area (Å²) in [7, 11) is 1.61. The maximum atomic E-state index is 12.0. The monoisotopic (exact) mass is 320 g/mol. The third-order valence-electron chi connectivity index (χ3n) is 3.53. The van der Waals surface area contributed by atoms with Crippen LogP contribution in [0.2, 0.25) is 0 Å². The Morgan fingerprint density at radius 2 is 2.23 bits per heavy atom. The molecule has 6 nitrogen and oxygen atoms in total. The second kappa shape index (κ2) is 7.33. The lowest BCUT2D eigenvalue weighted by molar-refractivity contribution is -0.118. The van der Waals surface area contributed by atoms with Crippen LogP contribution in [-0.4, -0.2) is 29.3 Å². The molecule has 2 atom stereocenters. The van der Waals surface area contributed by atoms with E-state index in [0.29, 0.717) is 10.1 Å². The number of carbonyl (C=O) groups excluding carboxylic acids is 1. The van der Waals surface area contributed by atoms with Gasteiger partial charge in [-0.25, -0.2) is 0 Å². The van der Waals surface area contributed by atoms with Crippen molar-refractivity contribution in [2.75, 3.05) is 12.4 Å². The van der Waals surface area contributed by atoms with Crippen LogP contribution >= 0.6 is 11.3 Å². The zero-order valence-corrected chi connectivity index (χ0v) is 13.7. The van der Waals surface area contributed by atoms with Gasteiger partial charge in [0.15, 0.2) is 0 Å².